The highest BCUT2D eigenvalue weighted by Gasteiger charge is 2.22. The van der Waals surface area contributed by atoms with Crippen LogP contribution in [0.5, 0.6) is 0 Å². The van der Waals surface area contributed by atoms with Crippen LogP contribution in [0, 0.1) is 5.92 Å². The topological polar surface area (TPSA) is 49.9 Å². The third-order valence-electron chi connectivity index (χ3n) is 2.35. The smallest absolute Gasteiger partial charge is 0.241 e. The molecule has 6 heteroatoms. The van der Waals surface area contributed by atoms with E-state index in [0.29, 0.717) is 13.2 Å². The van der Waals surface area contributed by atoms with Gasteiger partial charge in [-0.1, -0.05) is 6.92 Å². The van der Waals surface area contributed by atoms with Crippen LogP contribution in [0.1, 0.15) is 6.92 Å². The maximum atomic E-state index is 12.0. The average molecular weight is 265 g/mol. The van der Waals surface area contributed by atoms with Gasteiger partial charge in [-0.2, -0.15) is 0 Å². The zero-order valence-corrected chi connectivity index (χ0v) is 11.7. The van der Waals surface area contributed by atoms with Gasteiger partial charge < -0.3 is 14.5 Å². The van der Waals surface area contributed by atoms with Gasteiger partial charge in [0.2, 0.25) is 11.8 Å². The first-order valence-corrected chi connectivity index (χ1v) is 6.01. The number of carbonyl (C=O) groups excluding carboxylic acids is 2. The lowest BCUT2D eigenvalue weighted by Gasteiger charge is -2.25. The maximum absolute atomic E-state index is 12.0. The summed E-state index contributed by atoms with van der Waals surface area (Å²) in [6.07, 6.45) is 0. The Balaban J connectivity index is 4.52. The van der Waals surface area contributed by atoms with Gasteiger partial charge in [-0.3, -0.25) is 9.59 Å². The minimum Gasteiger partial charge on any atom is -0.383 e. The first kappa shape index (κ1) is 16.2. The summed E-state index contributed by atoms with van der Waals surface area (Å²) in [4.78, 5) is 26.5. The molecule has 5 nitrogen and oxygen atoms in total. The summed E-state index contributed by atoms with van der Waals surface area (Å²) in [5, 5.41) is 0. The van der Waals surface area contributed by atoms with Gasteiger partial charge >= 0.3 is 0 Å². The molecule has 100 valence electrons. The Bertz CT molecular complexity index is 259. The largest absolute Gasteiger partial charge is 0.383 e. The fourth-order valence-electron chi connectivity index (χ4n) is 1.15. The molecule has 0 N–H and O–H groups in total. The van der Waals surface area contributed by atoms with Gasteiger partial charge in [0, 0.05) is 39.5 Å². The summed E-state index contributed by atoms with van der Waals surface area (Å²) < 4.78 is 4.93. The van der Waals surface area contributed by atoms with Crippen molar-refractivity contribution in [2.24, 2.45) is 5.92 Å². The predicted molar refractivity (Wildman–Crippen MR) is 67.0 cm³/mol. The highest BCUT2D eigenvalue weighted by molar-refractivity contribution is 6.19. The van der Waals surface area contributed by atoms with E-state index in [9.17, 15) is 9.59 Å². The molecule has 2 amide bonds. The van der Waals surface area contributed by atoms with Gasteiger partial charge in [0.25, 0.3) is 0 Å². The number of ether oxygens (including phenoxy) is 1. The van der Waals surface area contributed by atoms with Crippen molar-refractivity contribution in [1.29, 1.82) is 0 Å². The molecule has 17 heavy (non-hydrogen) atoms. The number of nitrogens with zero attached hydrogens (tertiary/aromatic N) is 2. The Morgan fingerprint density at radius 2 is 1.94 bits per heavy atom. The van der Waals surface area contributed by atoms with Crippen LogP contribution in [0.15, 0.2) is 0 Å². The Kier molecular flexibility index (Phi) is 7.91. The lowest BCUT2D eigenvalue weighted by atomic mass is 10.2. The highest BCUT2D eigenvalue weighted by Crippen LogP contribution is 2.05. The van der Waals surface area contributed by atoms with Crippen LogP contribution in [-0.2, 0) is 14.3 Å². The molecule has 1 atom stereocenters. The lowest BCUT2D eigenvalue weighted by molar-refractivity contribution is -0.141. The maximum Gasteiger partial charge on any atom is 0.241 e. The van der Waals surface area contributed by atoms with Crippen LogP contribution in [0.4, 0.5) is 0 Å². The molecule has 0 aliphatic rings. The number of methoxy groups -OCH3 is 1. The van der Waals surface area contributed by atoms with Gasteiger partial charge in [-0.05, 0) is 0 Å². The van der Waals surface area contributed by atoms with Crippen molar-refractivity contribution in [3.63, 3.8) is 0 Å². The third-order valence-corrected chi connectivity index (χ3v) is 2.82. The number of likely N-dealkylation sites (N-methyl/N-ethyl adjacent to an activating group) is 1. The van der Waals surface area contributed by atoms with Crippen molar-refractivity contribution >= 4 is 23.4 Å². The molecule has 0 aromatic carbocycles. The van der Waals surface area contributed by atoms with E-state index in [4.69, 9.17) is 16.3 Å². The van der Waals surface area contributed by atoms with E-state index in [-0.39, 0.29) is 30.2 Å². The highest BCUT2D eigenvalue weighted by atomic mass is 35.5. The number of rotatable bonds is 7. The van der Waals surface area contributed by atoms with E-state index in [0.717, 1.165) is 0 Å². The Morgan fingerprint density at radius 1 is 1.35 bits per heavy atom. The number of hydrogen-bond donors (Lipinski definition) is 0. The molecular formula is C11H21ClN2O3. The van der Waals surface area contributed by atoms with Crippen molar-refractivity contribution in [2.45, 2.75) is 6.92 Å². The van der Waals surface area contributed by atoms with Crippen LogP contribution in [-0.4, -0.2) is 68.4 Å². The van der Waals surface area contributed by atoms with Crippen LogP contribution >= 0.6 is 11.6 Å². The average Bonchev–Trinajstić information content (AvgIpc) is 2.31. The third kappa shape index (κ3) is 5.89. The molecule has 0 rings (SSSR count). The first-order valence-electron chi connectivity index (χ1n) is 5.47. The summed E-state index contributed by atoms with van der Waals surface area (Å²) in [6.45, 7) is 2.61. The minimum atomic E-state index is -0.288. The van der Waals surface area contributed by atoms with Crippen LogP contribution in [0.3, 0.4) is 0 Å². The lowest BCUT2D eigenvalue weighted by Crippen LogP contribution is -2.44. The molecule has 0 aliphatic carbocycles. The van der Waals surface area contributed by atoms with Crippen LogP contribution in [0.2, 0.25) is 0 Å². The predicted octanol–water partition coefficient (Wildman–Crippen LogP) is 0.425. The van der Waals surface area contributed by atoms with Crippen LogP contribution in [0.25, 0.3) is 0 Å². The molecule has 0 aromatic heterocycles. The van der Waals surface area contributed by atoms with Crippen molar-refractivity contribution in [3.05, 3.63) is 0 Å². The second-order valence-electron chi connectivity index (χ2n) is 4.10. The quantitative estimate of drug-likeness (QED) is 0.627. The fourth-order valence-corrected chi connectivity index (χ4v) is 1.28. The molecule has 0 saturated heterocycles. The van der Waals surface area contributed by atoms with Gasteiger partial charge in [0.15, 0.2) is 0 Å². The summed E-state index contributed by atoms with van der Waals surface area (Å²) in [7, 11) is 4.87. The van der Waals surface area contributed by atoms with Crippen molar-refractivity contribution in [1.82, 2.24) is 9.80 Å². The summed E-state index contributed by atoms with van der Waals surface area (Å²) in [5.74, 6) is -0.273. The standard InChI is InChI=1S/C11H21ClN2O3/c1-9(7-12)11(16)14(5-6-17-4)8-10(15)13(2)3/h9H,5-8H2,1-4H3. The van der Waals surface area contributed by atoms with Crippen molar-refractivity contribution < 1.29 is 14.3 Å². The molecule has 0 radical (unpaired) electrons. The zero-order chi connectivity index (χ0) is 13.4. The number of alkyl halides is 1. The zero-order valence-electron chi connectivity index (χ0n) is 10.9. The number of hydrogen-bond acceptors (Lipinski definition) is 3. The molecular weight excluding hydrogens is 244 g/mol. The van der Waals surface area contributed by atoms with E-state index < -0.39 is 0 Å². The van der Waals surface area contributed by atoms with E-state index in [1.54, 1.807) is 28.1 Å². The minimum absolute atomic E-state index is 0.0659. The molecule has 0 spiro atoms. The van der Waals surface area contributed by atoms with Gasteiger partial charge in [0.05, 0.1) is 13.2 Å². The van der Waals surface area contributed by atoms with E-state index >= 15 is 0 Å². The van der Waals surface area contributed by atoms with Gasteiger partial charge in [0.1, 0.15) is 0 Å². The second-order valence-corrected chi connectivity index (χ2v) is 4.40. The summed E-state index contributed by atoms with van der Waals surface area (Å²) in [6, 6.07) is 0. The summed E-state index contributed by atoms with van der Waals surface area (Å²) >= 11 is 5.65. The Hall–Kier alpha value is -0.810. The molecule has 0 heterocycles. The van der Waals surface area contributed by atoms with E-state index in [1.807, 2.05) is 0 Å². The number of carbonyl (C=O) groups is 2. The molecule has 0 saturated carbocycles. The monoisotopic (exact) mass is 264 g/mol. The van der Waals surface area contributed by atoms with E-state index in [2.05, 4.69) is 0 Å². The van der Waals surface area contributed by atoms with Crippen LogP contribution < -0.4 is 0 Å². The molecule has 0 bridgehead atoms. The Morgan fingerprint density at radius 3 is 2.35 bits per heavy atom. The fraction of sp³-hybridized carbons (Fsp3) is 0.818. The molecule has 0 aliphatic heterocycles. The van der Waals surface area contributed by atoms with Gasteiger partial charge in [-0.25, -0.2) is 0 Å². The van der Waals surface area contributed by atoms with Crippen molar-refractivity contribution in [2.75, 3.05) is 46.8 Å². The number of amides is 2. The van der Waals surface area contributed by atoms with Gasteiger partial charge in [-0.15, -0.1) is 11.6 Å². The van der Waals surface area contributed by atoms with E-state index in [1.165, 1.54) is 9.80 Å². The van der Waals surface area contributed by atoms with Crippen molar-refractivity contribution in [3.8, 4) is 0 Å². The normalized spacial score (nSPS) is 12.1. The first-order chi connectivity index (χ1) is 7.93. The molecule has 1 unspecified atom stereocenters. The SMILES string of the molecule is COCCN(CC(=O)N(C)C)C(=O)C(C)CCl. The molecule has 0 aromatic rings. The molecule has 0 fully saturated rings. The second kappa shape index (κ2) is 8.31. The Labute approximate surface area is 108 Å². The summed E-state index contributed by atoms with van der Waals surface area (Å²) in [5.41, 5.74) is 0. The number of halogens is 1.